The van der Waals surface area contributed by atoms with Gasteiger partial charge in [0.25, 0.3) is 0 Å². The zero-order valence-corrected chi connectivity index (χ0v) is 11.9. The molecule has 0 heterocycles. The standard InChI is InChI=1S/C12H8ClF2IN2/c13-7-4-10(17)12(5-8(7)15)18-11-2-1-6(14)3-9(11)16/h1-5,18H,17H2. The van der Waals surface area contributed by atoms with Gasteiger partial charge in [-0.3, -0.25) is 0 Å². The van der Waals surface area contributed by atoms with Gasteiger partial charge < -0.3 is 11.1 Å². The highest BCUT2D eigenvalue weighted by Crippen LogP contribution is 2.30. The van der Waals surface area contributed by atoms with Crippen molar-refractivity contribution in [1.82, 2.24) is 0 Å². The molecule has 3 N–H and O–H groups in total. The smallest absolute Gasteiger partial charge is 0.144 e. The molecule has 0 aliphatic rings. The third-order valence-corrected chi connectivity index (χ3v) is 3.48. The number of nitrogen functional groups attached to an aromatic ring is 1. The van der Waals surface area contributed by atoms with Crippen LogP contribution in [0.2, 0.25) is 5.02 Å². The molecule has 0 atom stereocenters. The maximum atomic E-state index is 13.3. The van der Waals surface area contributed by atoms with E-state index in [-0.39, 0.29) is 10.8 Å². The van der Waals surface area contributed by atoms with Crippen molar-refractivity contribution in [2.45, 2.75) is 0 Å². The molecule has 0 fully saturated rings. The Hall–Kier alpha value is -1.08. The van der Waals surface area contributed by atoms with Crippen LogP contribution in [0.4, 0.5) is 25.8 Å². The summed E-state index contributed by atoms with van der Waals surface area (Å²) in [6.45, 7) is 0. The number of benzene rings is 2. The van der Waals surface area contributed by atoms with Crippen LogP contribution in [0.5, 0.6) is 0 Å². The van der Waals surface area contributed by atoms with Crippen LogP contribution in [-0.2, 0) is 0 Å². The predicted octanol–water partition coefficient (Wildman–Crippen LogP) is 4.55. The Morgan fingerprint density at radius 3 is 2.50 bits per heavy atom. The van der Waals surface area contributed by atoms with E-state index >= 15 is 0 Å². The van der Waals surface area contributed by atoms with Crippen LogP contribution < -0.4 is 11.1 Å². The lowest BCUT2D eigenvalue weighted by Crippen LogP contribution is -1.99. The molecule has 0 saturated heterocycles. The van der Waals surface area contributed by atoms with Gasteiger partial charge >= 0.3 is 0 Å². The number of nitrogens with one attached hydrogen (secondary N) is 1. The normalized spacial score (nSPS) is 10.4. The lowest BCUT2D eigenvalue weighted by Gasteiger charge is -2.11. The monoisotopic (exact) mass is 380 g/mol. The third kappa shape index (κ3) is 2.84. The molecule has 18 heavy (non-hydrogen) atoms. The Balaban J connectivity index is 2.37. The topological polar surface area (TPSA) is 38.0 Å². The van der Waals surface area contributed by atoms with E-state index in [4.69, 9.17) is 17.3 Å². The van der Waals surface area contributed by atoms with Gasteiger partial charge in [0, 0.05) is 9.64 Å². The van der Waals surface area contributed by atoms with Crippen LogP contribution in [-0.4, -0.2) is 0 Å². The Bertz CT molecular complexity index is 605. The van der Waals surface area contributed by atoms with Crippen molar-refractivity contribution < 1.29 is 8.78 Å². The van der Waals surface area contributed by atoms with Crippen molar-refractivity contribution in [2.24, 2.45) is 0 Å². The first-order valence-corrected chi connectivity index (χ1v) is 6.39. The predicted molar refractivity (Wildman–Crippen MR) is 78.2 cm³/mol. The molecule has 0 unspecified atom stereocenters. The molecule has 0 saturated carbocycles. The average molecular weight is 381 g/mol. The minimum atomic E-state index is -0.564. The number of rotatable bonds is 2. The Morgan fingerprint density at radius 1 is 1.11 bits per heavy atom. The first-order chi connectivity index (χ1) is 8.47. The van der Waals surface area contributed by atoms with E-state index in [1.807, 2.05) is 22.6 Å². The van der Waals surface area contributed by atoms with Crippen molar-refractivity contribution in [3.8, 4) is 0 Å². The van der Waals surface area contributed by atoms with Crippen molar-refractivity contribution in [2.75, 3.05) is 11.1 Å². The highest BCUT2D eigenvalue weighted by Gasteiger charge is 2.08. The Morgan fingerprint density at radius 2 is 1.83 bits per heavy atom. The molecule has 0 aliphatic carbocycles. The summed E-state index contributed by atoms with van der Waals surface area (Å²) in [7, 11) is 0. The number of hydrogen-bond acceptors (Lipinski definition) is 2. The molecule has 0 radical (unpaired) electrons. The van der Waals surface area contributed by atoms with Crippen LogP contribution in [0, 0.1) is 15.2 Å². The summed E-state index contributed by atoms with van der Waals surface area (Å²) < 4.78 is 27.0. The van der Waals surface area contributed by atoms with Gasteiger partial charge in [-0.05, 0) is 46.9 Å². The molecule has 0 aliphatic heterocycles. The van der Waals surface area contributed by atoms with E-state index in [2.05, 4.69) is 5.32 Å². The second-order valence-corrected chi connectivity index (χ2v) is 5.17. The molecule has 2 rings (SSSR count). The van der Waals surface area contributed by atoms with Gasteiger partial charge in [-0.1, -0.05) is 11.6 Å². The average Bonchev–Trinajstić information content (AvgIpc) is 2.29. The third-order valence-electron chi connectivity index (χ3n) is 2.29. The summed E-state index contributed by atoms with van der Waals surface area (Å²) in [6.07, 6.45) is 0. The van der Waals surface area contributed by atoms with E-state index in [1.165, 1.54) is 24.3 Å². The van der Waals surface area contributed by atoms with E-state index in [0.29, 0.717) is 20.6 Å². The molecule has 0 amide bonds. The van der Waals surface area contributed by atoms with Crippen molar-refractivity contribution in [3.05, 3.63) is 50.6 Å². The summed E-state index contributed by atoms with van der Waals surface area (Å²) in [5.41, 5.74) is 7.08. The van der Waals surface area contributed by atoms with Crippen LogP contribution in [0.15, 0.2) is 30.3 Å². The molecule has 2 aromatic carbocycles. The minimum Gasteiger partial charge on any atom is -0.397 e. The fourth-order valence-electron chi connectivity index (χ4n) is 1.41. The van der Waals surface area contributed by atoms with Crippen molar-refractivity contribution >= 4 is 51.3 Å². The van der Waals surface area contributed by atoms with Crippen LogP contribution in [0.3, 0.4) is 0 Å². The molecule has 0 aromatic heterocycles. The van der Waals surface area contributed by atoms with Crippen molar-refractivity contribution in [3.63, 3.8) is 0 Å². The largest absolute Gasteiger partial charge is 0.397 e. The zero-order valence-electron chi connectivity index (χ0n) is 8.98. The molecule has 0 spiro atoms. The van der Waals surface area contributed by atoms with Gasteiger partial charge in [0.1, 0.15) is 11.6 Å². The van der Waals surface area contributed by atoms with Crippen molar-refractivity contribution in [1.29, 1.82) is 0 Å². The lowest BCUT2D eigenvalue weighted by atomic mass is 10.2. The van der Waals surface area contributed by atoms with E-state index in [0.717, 1.165) is 0 Å². The summed E-state index contributed by atoms with van der Waals surface area (Å²) in [4.78, 5) is 0. The number of hydrogen-bond donors (Lipinski definition) is 2. The lowest BCUT2D eigenvalue weighted by molar-refractivity contribution is 0.626. The van der Waals surface area contributed by atoms with Gasteiger partial charge in [0.05, 0.1) is 22.1 Å². The molecule has 2 aromatic rings. The van der Waals surface area contributed by atoms with Gasteiger partial charge in [-0.15, -0.1) is 0 Å². The highest BCUT2D eigenvalue weighted by molar-refractivity contribution is 14.1. The summed E-state index contributed by atoms with van der Waals surface area (Å²) in [5, 5.41) is 2.90. The number of nitrogens with two attached hydrogens (primary N) is 1. The molecule has 0 bridgehead atoms. The number of anilines is 3. The quantitative estimate of drug-likeness (QED) is 0.593. The number of halogens is 4. The minimum absolute atomic E-state index is 0.0353. The first kappa shape index (κ1) is 13.4. The van der Waals surface area contributed by atoms with Gasteiger partial charge in [-0.25, -0.2) is 8.78 Å². The Kier molecular flexibility index (Phi) is 3.91. The SMILES string of the molecule is Nc1cc(Cl)c(F)cc1Nc1ccc(F)cc1I. The molecular formula is C12H8ClF2IN2. The van der Waals surface area contributed by atoms with Gasteiger partial charge in [0.15, 0.2) is 0 Å². The fourth-order valence-corrected chi connectivity index (χ4v) is 2.19. The second kappa shape index (κ2) is 5.27. The molecule has 94 valence electrons. The Labute approximate surface area is 121 Å². The maximum absolute atomic E-state index is 13.3. The molecular weight excluding hydrogens is 372 g/mol. The van der Waals surface area contributed by atoms with E-state index in [9.17, 15) is 8.78 Å². The van der Waals surface area contributed by atoms with Gasteiger partial charge in [0.2, 0.25) is 0 Å². The van der Waals surface area contributed by atoms with E-state index < -0.39 is 5.82 Å². The van der Waals surface area contributed by atoms with Gasteiger partial charge in [-0.2, -0.15) is 0 Å². The first-order valence-electron chi connectivity index (χ1n) is 4.94. The summed E-state index contributed by atoms with van der Waals surface area (Å²) >= 11 is 7.58. The zero-order chi connectivity index (χ0) is 13.3. The summed E-state index contributed by atoms with van der Waals surface area (Å²) in [6, 6.07) is 6.77. The fraction of sp³-hybridized carbons (Fsp3) is 0. The van der Waals surface area contributed by atoms with Crippen LogP contribution >= 0.6 is 34.2 Å². The molecule has 2 nitrogen and oxygen atoms in total. The summed E-state index contributed by atoms with van der Waals surface area (Å²) in [5.74, 6) is -0.898. The van der Waals surface area contributed by atoms with E-state index in [1.54, 1.807) is 6.07 Å². The highest BCUT2D eigenvalue weighted by atomic mass is 127. The molecule has 6 heteroatoms. The van der Waals surface area contributed by atoms with Crippen LogP contribution in [0.25, 0.3) is 0 Å². The maximum Gasteiger partial charge on any atom is 0.144 e. The van der Waals surface area contributed by atoms with Crippen LogP contribution in [0.1, 0.15) is 0 Å². The second-order valence-electron chi connectivity index (χ2n) is 3.60.